The number of amides is 3. The zero-order chi connectivity index (χ0) is 35.3. The molecular formula is C37H39N3O8S. The van der Waals surface area contributed by atoms with Crippen LogP contribution in [0.1, 0.15) is 29.3 Å². The summed E-state index contributed by atoms with van der Waals surface area (Å²) in [5, 5.41) is 8.10. The molecule has 0 spiro atoms. The summed E-state index contributed by atoms with van der Waals surface area (Å²) in [6, 6.07) is 24.1. The number of anilines is 2. The highest BCUT2D eigenvalue weighted by Crippen LogP contribution is 2.36. The summed E-state index contributed by atoms with van der Waals surface area (Å²) in [4.78, 5) is 41.0. The predicted molar refractivity (Wildman–Crippen MR) is 191 cm³/mol. The largest absolute Gasteiger partial charge is 0.497 e. The van der Waals surface area contributed by atoms with Gasteiger partial charge in [-0.25, -0.2) is 0 Å². The van der Waals surface area contributed by atoms with Crippen LogP contribution in [0.5, 0.6) is 28.7 Å². The summed E-state index contributed by atoms with van der Waals surface area (Å²) in [6.45, 7) is 1.92. The van der Waals surface area contributed by atoms with Crippen LogP contribution < -0.4 is 39.6 Å². The molecule has 0 saturated heterocycles. The third-order valence-corrected chi connectivity index (χ3v) is 8.62. The molecule has 0 aliphatic rings. The van der Waals surface area contributed by atoms with E-state index in [0.29, 0.717) is 57.7 Å². The Kier molecular flexibility index (Phi) is 12.9. The molecule has 3 N–H and O–H groups in total. The van der Waals surface area contributed by atoms with Gasteiger partial charge in [0.15, 0.2) is 11.5 Å². The molecule has 11 nitrogen and oxygen atoms in total. The van der Waals surface area contributed by atoms with Crippen molar-refractivity contribution in [3.63, 3.8) is 0 Å². The topological polar surface area (TPSA) is 133 Å². The Morgan fingerprint density at radius 3 is 2.06 bits per heavy atom. The number of nitrogens with one attached hydrogen (secondary N) is 3. The maximum Gasteiger partial charge on any atom is 0.272 e. The maximum atomic E-state index is 13.8. The van der Waals surface area contributed by atoms with Gasteiger partial charge in [-0.3, -0.25) is 14.4 Å². The maximum absolute atomic E-state index is 13.8. The molecule has 0 saturated carbocycles. The zero-order valence-electron chi connectivity index (χ0n) is 28.1. The molecule has 256 valence electrons. The van der Waals surface area contributed by atoms with Crippen molar-refractivity contribution in [3.05, 3.63) is 102 Å². The van der Waals surface area contributed by atoms with Crippen molar-refractivity contribution in [1.82, 2.24) is 5.32 Å². The van der Waals surface area contributed by atoms with Crippen LogP contribution in [0.15, 0.2) is 95.5 Å². The van der Waals surface area contributed by atoms with Gasteiger partial charge >= 0.3 is 0 Å². The Balaban J connectivity index is 1.58. The molecule has 4 aromatic carbocycles. The van der Waals surface area contributed by atoms with Crippen LogP contribution in [-0.2, 0) is 9.59 Å². The second kappa shape index (κ2) is 17.5. The van der Waals surface area contributed by atoms with E-state index in [-0.39, 0.29) is 11.6 Å². The third-order valence-electron chi connectivity index (χ3n) is 7.26. The third kappa shape index (κ3) is 9.48. The molecular weight excluding hydrogens is 646 g/mol. The lowest BCUT2D eigenvalue weighted by Crippen LogP contribution is -2.30. The van der Waals surface area contributed by atoms with Gasteiger partial charge in [-0.05, 0) is 61.0 Å². The van der Waals surface area contributed by atoms with Crippen molar-refractivity contribution in [2.45, 2.75) is 23.5 Å². The molecule has 0 heterocycles. The van der Waals surface area contributed by atoms with Gasteiger partial charge in [0.1, 0.15) is 22.9 Å². The van der Waals surface area contributed by atoms with Crippen molar-refractivity contribution < 1.29 is 38.1 Å². The molecule has 12 heteroatoms. The molecule has 0 aromatic heterocycles. The molecule has 1 atom stereocenters. The minimum atomic E-state index is -0.584. The number of benzene rings is 4. The molecule has 0 bridgehead atoms. The van der Waals surface area contributed by atoms with E-state index in [1.807, 2.05) is 13.0 Å². The summed E-state index contributed by atoms with van der Waals surface area (Å²) in [7, 11) is 7.57. The van der Waals surface area contributed by atoms with Gasteiger partial charge in [-0.15, -0.1) is 11.8 Å². The lowest BCUT2D eigenvalue weighted by Gasteiger charge is -2.17. The van der Waals surface area contributed by atoms with E-state index in [1.54, 1.807) is 86.0 Å². The van der Waals surface area contributed by atoms with E-state index >= 15 is 0 Å². The molecule has 49 heavy (non-hydrogen) atoms. The average molecular weight is 686 g/mol. The van der Waals surface area contributed by atoms with Crippen LogP contribution in [0.25, 0.3) is 6.08 Å². The molecule has 0 radical (unpaired) electrons. The number of ether oxygens (including phenoxy) is 5. The zero-order valence-corrected chi connectivity index (χ0v) is 28.9. The Bertz CT molecular complexity index is 1810. The normalized spacial score (nSPS) is 11.5. The van der Waals surface area contributed by atoms with E-state index in [2.05, 4.69) is 16.0 Å². The number of carbonyl (C=O) groups excluding carboxylic acids is 3. The summed E-state index contributed by atoms with van der Waals surface area (Å²) in [5.74, 6) is 1.06. The fraction of sp³-hybridized carbons (Fsp3) is 0.216. The first-order valence-electron chi connectivity index (χ1n) is 15.2. The number of rotatable bonds is 15. The van der Waals surface area contributed by atoms with E-state index in [0.717, 1.165) is 4.90 Å². The smallest absolute Gasteiger partial charge is 0.272 e. The predicted octanol–water partition coefficient (Wildman–Crippen LogP) is 6.65. The Hall–Kier alpha value is -5.62. The first-order valence-corrected chi connectivity index (χ1v) is 16.1. The van der Waals surface area contributed by atoms with Crippen LogP contribution in [-0.4, -0.2) is 58.5 Å². The van der Waals surface area contributed by atoms with Crippen molar-refractivity contribution in [3.8, 4) is 28.7 Å². The monoisotopic (exact) mass is 685 g/mol. The van der Waals surface area contributed by atoms with Crippen LogP contribution in [0.2, 0.25) is 0 Å². The quantitative estimate of drug-likeness (QED) is 0.0930. The molecule has 0 fully saturated rings. The van der Waals surface area contributed by atoms with Gasteiger partial charge in [0.05, 0.1) is 46.5 Å². The minimum Gasteiger partial charge on any atom is -0.497 e. The molecule has 4 aromatic rings. The van der Waals surface area contributed by atoms with Crippen LogP contribution >= 0.6 is 11.8 Å². The van der Waals surface area contributed by atoms with E-state index in [4.69, 9.17) is 23.7 Å². The van der Waals surface area contributed by atoms with Gasteiger partial charge in [0.2, 0.25) is 5.91 Å². The van der Waals surface area contributed by atoms with Gasteiger partial charge in [0, 0.05) is 33.8 Å². The first-order chi connectivity index (χ1) is 23.7. The van der Waals surface area contributed by atoms with Gasteiger partial charge in [-0.2, -0.15) is 0 Å². The van der Waals surface area contributed by atoms with E-state index < -0.39 is 17.1 Å². The molecule has 1 unspecified atom stereocenters. The van der Waals surface area contributed by atoms with Gasteiger partial charge in [-0.1, -0.05) is 31.2 Å². The Labute approximate surface area is 289 Å². The van der Waals surface area contributed by atoms with Crippen molar-refractivity contribution in [2.75, 3.05) is 46.2 Å². The fourth-order valence-corrected chi connectivity index (χ4v) is 5.72. The van der Waals surface area contributed by atoms with Crippen molar-refractivity contribution in [1.29, 1.82) is 0 Å². The minimum absolute atomic E-state index is 0.0447. The Morgan fingerprint density at radius 2 is 1.41 bits per heavy atom. The van der Waals surface area contributed by atoms with Crippen LogP contribution in [0, 0.1) is 0 Å². The van der Waals surface area contributed by atoms with Crippen molar-refractivity contribution >= 4 is 46.9 Å². The number of hydrogen-bond acceptors (Lipinski definition) is 9. The highest BCUT2D eigenvalue weighted by Gasteiger charge is 2.21. The van der Waals surface area contributed by atoms with Gasteiger partial charge in [0.25, 0.3) is 11.8 Å². The van der Waals surface area contributed by atoms with Crippen LogP contribution in [0.3, 0.4) is 0 Å². The second-order valence-corrected chi connectivity index (χ2v) is 11.7. The van der Waals surface area contributed by atoms with Crippen LogP contribution in [0.4, 0.5) is 11.4 Å². The van der Waals surface area contributed by atoms with Crippen molar-refractivity contribution in [2.24, 2.45) is 0 Å². The van der Waals surface area contributed by atoms with E-state index in [1.165, 1.54) is 46.3 Å². The highest BCUT2D eigenvalue weighted by atomic mass is 32.2. The number of carbonyl (C=O) groups is 3. The lowest BCUT2D eigenvalue weighted by atomic mass is 10.1. The Morgan fingerprint density at radius 1 is 0.714 bits per heavy atom. The molecule has 0 aliphatic carbocycles. The number of thioether (sulfide) groups is 1. The molecule has 0 aliphatic heterocycles. The average Bonchev–Trinajstić information content (AvgIpc) is 3.13. The first kappa shape index (κ1) is 36.2. The standard InChI is InChI=1S/C37H39N3O8S/c1-7-34(37(43)39-28-17-16-26(44-2)21-31(28)46-4)49-27-15-11-14-25(20-27)38-36(42)29(40-35(41)23-12-9-8-10-13-23)18-24-19-32(47-5)33(48-6)22-30(24)45-3/h8-22,34H,7H2,1-6H3,(H,38,42)(H,39,43)(H,40,41)/b29-18+. The summed E-state index contributed by atoms with van der Waals surface area (Å²) < 4.78 is 27.1. The summed E-state index contributed by atoms with van der Waals surface area (Å²) >= 11 is 1.35. The number of methoxy groups -OCH3 is 5. The van der Waals surface area contributed by atoms with E-state index in [9.17, 15) is 14.4 Å². The molecule has 4 rings (SSSR count). The second-order valence-electron chi connectivity index (χ2n) is 10.4. The summed E-state index contributed by atoms with van der Waals surface area (Å²) in [5.41, 5.74) is 1.78. The number of hydrogen-bond donors (Lipinski definition) is 3. The lowest BCUT2D eigenvalue weighted by molar-refractivity contribution is -0.116. The summed E-state index contributed by atoms with van der Waals surface area (Å²) in [6.07, 6.45) is 2.04. The molecule has 3 amide bonds. The van der Waals surface area contributed by atoms with Gasteiger partial charge < -0.3 is 39.6 Å². The SMILES string of the molecule is CCC(Sc1cccc(NC(=O)/C(=C\c2cc(OC)c(OC)cc2OC)NC(=O)c2ccccc2)c1)C(=O)Nc1ccc(OC)cc1OC. The highest BCUT2D eigenvalue weighted by molar-refractivity contribution is 8.00. The fourth-order valence-electron chi connectivity index (χ4n) is 4.71.